The van der Waals surface area contributed by atoms with E-state index in [4.69, 9.17) is 19.6 Å². The van der Waals surface area contributed by atoms with Crippen molar-refractivity contribution in [3.8, 4) is 22.9 Å². The zero-order chi connectivity index (χ0) is 24.6. The highest BCUT2D eigenvalue weighted by Crippen LogP contribution is 2.37. The van der Waals surface area contributed by atoms with Crippen LogP contribution in [0, 0.1) is 0 Å². The van der Waals surface area contributed by atoms with Crippen LogP contribution in [-0.4, -0.2) is 47.8 Å². The molecule has 184 valence electrons. The van der Waals surface area contributed by atoms with Crippen LogP contribution in [0.1, 0.15) is 49.7 Å². The second-order valence-corrected chi connectivity index (χ2v) is 8.85. The summed E-state index contributed by atoms with van der Waals surface area (Å²) in [6.07, 6.45) is 5.70. The average molecular weight is 476 g/mol. The molecular weight excluding hydrogens is 442 g/mol. The van der Waals surface area contributed by atoms with Crippen LogP contribution in [-0.2, 0) is 11.2 Å². The summed E-state index contributed by atoms with van der Waals surface area (Å²) < 4.78 is 11.3. The number of carboxylic acid groups (broad SMARTS) is 1. The number of benzene rings is 2. The van der Waals surface area contributed by atoms with Gasteiger partial charge in [-0.2, -0.15) is 0 Å². The molecule has 0 radical (unpaired) electrons. The molecule has 0 bridgehead atoms. The maximum Gasteiger partial charge on any atom is 0.303 e. The smallest absolute Gasteiger partial charge is 0.303 e. The Morgan fingerprint density at radius 1 is 1.11 bits per heavy atom. The van der Waals surface area contributed by atoms with E-state index in [0.717, 1.165) is 67.2 Å². The highest BCUT2D eigenvalue weighted by atomic mass is 16.5. The fraction of sp³-hybridized carbons (Fsp3) is 0.393. The number of carboxylic acids is 1. The molecule has 7 heteroatoms. The van der Waals surface area contributed by atoms with Crippen LogP contribution in [0.2, 0.25) is 0 Å². The quantitative estimate of drug-likeness (QED) is 0.354. The molecular formula is C28H33N3O4. The molecule has 1 N–H and O–H groups in total. The van der Waals surface area contributed by atoms with E-state index in [9.17, 15) is 4.79 Å². The minimum atomic E-state index is -0.736. The van der Waals surface area contributed by atoms with Gasteiger partial charge in [-0.15, -0.1) is 0 Å². The molecule has 0 spiro atoms. The minimum absolute atomic E-state index is 0.120. The summed E-state index contributed by atoms with van der Waals surface area (Å²) >= 11 is 0. The minimum Gasteiger partial charge on any atom is -0.497 e. The van der Waals surface area contributed by atoms with Gasteiger partial charge in [0, 0.05) is 24.8 Å². The Hall–Kier alpha value is -3.61. The summed E-state index contributed by atoms with van der Waals surface area (Å²) in [4.78, 5) is 22.6. The van der Waals surface area contributed by atoms with E-state index < -0.39 is 5.97 Å². The van der Waals surface area contributed by atoms with Crippen LogP contribution in [0.3, 0.4) is 0 Å². The van der Waals surface area contributed by atoms with Crippen LogP contribution in [0.4, 0.5) is 5.82 Å². The third kappa shape index (κ3) is 6.29. The monoisotopic (exact) mass is 475 g/mol. The first kappa shape index (κ1) is 24.5. The first-order valence-corrected chi connectivity index (χ1v) is 12.3. The van der Waals surface area contributed by atoms with E-state index in [-0.39, 0.29) is 12.3 Å². The molecule has 1 atom stereocenters. The predicted octanol–water partition coefficient (Wildman–Crippen LogP) is 5.34. The lowest BCUT2D eigenvalue weighted by molar-refractivity contribution is -0.137. The lowest BCUT2D eigenvalue weighted by atomic mass is 9.98. The lowest BCUT2D eigenvalue weighted by Crippen LogP contribution is -2.27. The normalized spacial score (nSPS) is 14.4. The zero-order valence-electron chi connectivity index (χ0n) is 20.4. The third-order valence-corrected chi connectivity index (χ3v) is 6.39. The number of hydrogen-bond acceptors (Lipinski definition) is 6. The summed E-state index contributed by atoms with van der Waals surface area (Å²) in [5.74, 6) is 2.65. The second kappa shape index (κ2) is 11.7. The van der Waals surface area contributed by atoms with Crippen molar-refractivity contribution in [2.24, 2.45) is 0 Å². The summed E-state index contributed by atoms with van der Waals surface area (Å²) in [5.41, 5.74) is 3.33. The lowest BCUT2D eigenvalue weighted by Gasteiger charge is -2.23. The maximum atomic E-state index is 11.1. The van der Waals surface area contributed by atoms with E-state index in [1.165, 1.54) is 5.56 Å². The Balaban J connectivity index is 1.34. The fourth-order valence-corrected chi connectivity index (χ4v) is 4.66. The zero-order valence-corrected chi connectivity index (χ0v) is 20.4. The average Bonchev–Trinajstić information content (AvgIpc) is 3.27. The largest absolute Gasteiger partial charge is 0.497 e. The molecule has 0 saturated heterocycles. The maximum absolute atomic E-state index is 11.1. The summed E-state index contributed by atoms with van der Waals surface area (Å²) in [6, 6.07) is 15.8. The fourth-order valence-electron chi connectivity index (χ4n) is 4.66. The number of rotatable bonds is 12. The highest BCUT2D eigenvalue weighted by Gasteiger charge is 2.24. The van der Waals surface area contributed by atoms with Gasteiger partial charge in [0.25, 0.3) is 0 Å². The summed E-state index contributed by atoms with van der Waals surface area (Å²) in [5, 5.41) is 9.11. The van der Waals surface area contributed by atoms with Crippen molar-refractivity contribution in [2.75, 3.05) is 31.7 Å². The van der Waals surface area contributed by atoms with Gasteiger partial charge in [-0.05, 0) is 85.2 Å². The first-order valence-electron chi connectivity index (χ1n) is 12.3. The number of aromatic nitrogens is 2. The van der Waals surface area contributed by atoms with Crippen molar-refractivity contribution in [1.82, 2.24) is 9.97 Å². The van der Waals surface area contributed by atoms with Gasteiger partial charge in [-0.1, -0.05) is 13.0 Å². The molecule has 35 heavy (non-hydrogen) atoms. The number of fused-ring (bicyclic) bond motifs is 1. The van der Waals surface area contributed by atoms with E-state index in [1.807, 2.05) is 48.7 Å². The summed E-state index contributed by atoms with van der Waals surface area (Å²) in [7, 11) is 1.65. The van der Waals surface area contributed by atoms with Crippen molar-refractivity contribution in [1.29, 1.82) is 0 Å². The molecule has 2 aromatic carbocycles. The standard InChI is InChI=1S/C28H33N3O4/c1-3-15-31(26-13-14-29-28(30-26)20-7-9-23(34-2)10-8-20)16-4-17-35-24-11-12-25-21(18-24)5-6-22(25)19-27(32)33/h7-14,18,22H,3-6,15-17,19H2,1-2H3,(H,32,33)/t22-/m0/s1. The Bertz CT molecular complexity index is 1130. The van der Waals surface area contributed by atoms with Gasteiger partial charge in [-0.3, -0.25) is 4.79 Å². The van der Waals surface area contributed by atoms with Crippen molar-refractivity contribution >= 4 is 11.8 Å². The Labute approximate surface area is 206 Å². The molecule has 1 heterocycles. The molecule has 1 aliphatic carbocycles. The van der Waals surface area contributed by atoms with Gasteiger partial charge in [0.2, 0.25) is 0 Å². The molecule has 0 aliphatic heterocycles. The summed E-state index contributed by atoms with van der Waals surface area (Å²) in [6.45, 7) is 4.51. The van der Waals surface area contributed by atoms with Crippen molar-refractivity contribution < 1.29 is 19.4 Å². The van der Waals surface area contributed by atoms with E-state index in [1.54, 1.807) is 7.11 Å². The Kier molecular flexibility index (Phi) is 8.19. The van der Waals surface area contributed by atoms with Gasteiger partial charge in [0.1, 0.15) is 17.3 Å². The number of aliphatic carboxylic acids is 1. The van der Waals surface area contributed by atoms with Crippen LogP contribution in [0.15, 0.2) is 54.7 Å². The molecule has 0 amide bonds. The van der Waals surface area contributed by atoms with Gasteiger partial charge >= 0.3 is 5.97 Å². The number of aryl methyl sites for hydroxylation is 1. The van der Waals surface area contributed by atoms with Crippen molar-refractivity contribution in [3.63, 3.8) is 0 Å². The Morgan fingerprint density at radius 2 is 1.91 bits per heavy atom. The first-order chi connectivity index (χ1) is 17.1. The topological polar surface area (TPSA) is 84.8 Å². The number of nitrogens with zero attached hydrogens (tertiary/aromatic N) is 3. The molecule has 0 fully saturated rings. The molecule has 0 saturated carbocycles. The van der Waals surface area contributed by atoms with Crippen LogP contribution in [0.5, 0.6) is 11.5 Å². The van der Waals surface area contributed by atoms with Gasteiger partial charge in [-0.25, -0.2) is 9.97 Å². The number of ether oxygens (including phenoxy) is 2. The van der Waals surface area contributed by atoms with Crippen LogP contribution < -0.4 is 14.4 Å². The van der Waals surface area contributed by atoms with Crippen molar-refractivity contribution in [2.45, 2.75) is 44.9 Å². The molecule has 1 aliphatic rings. The van der Waals surface area contributed by atoms with Crippen molar-refractivity contribution in [3.05, 3.63) is 65.9 Å². The van der Waals surface area contributed by atoms with Crippen LogP contribution >= 0.6 is 0 Å². The van der Waals surface area contributed by atoms with E-state index in [2.05, 4.69) is 22.9 Å². The number of methoxy groups -OCH3 is 1. The molecule has 1 aromatic heterocycles. The third-order valence-electron chi connectivity index (χ3n) is 6.39. The van der Waals surface area contributed by atoms with Gasteiger partial charge in [0.05, 0.1) is 20.1 Å². The number of anilines is 1. The number of carbonyl (C=O) groups is 1. The molecule has 3 aromatic rings. The Morgan fingerprint density at radius 3 is 2.66 bits per heavy atom. The van der Waals surface area contributed by atoms with E-state index >= 15 is 0 Å². The highest BCUT2D eigenvalue weighted by molar-refractivity contribution is 5.68. The van der Waals surface area contributed by atoms with E-state index in [0.29, 0.717) is 12.4 Å². The molecule has 7 nitrogen and oxygen atoms in total. The second-order valence-electron chi connectivity index (χ2n) is 8.85. The molecule has 0 unspecified atom stereocenters. The van der Waals surface area contributed by atoms with Crippen LogP contribution in [0.25, 0.3) is 11.4 Å². The SMILES string of the molecule is CCCN(CCCOc1ccc2c(c1)CC[C@H]2CC(=O)O)c1ccnc(-c2ccc(OC)cc2)n1. The van der Waals surface area contributed by atoms with Gasteiger partial charge in [0.15, 0.2) is 5.82 Å². The molecule has 4 rings (SSSR count). The predicted molar refractivity (Wildman–Crippen MR) is 136 cm³/mol. The number of hydrogen-bond donors (Lipinski definition) is 1. The van der Waals surface area contributed by atoms with Gasteiger partial charge < -0.3 is 19.5 Å².